The van der Waals surface area contributed by atoms with Crippen molar-refractivity contribution >= 4 is 11.6 Å². The minimum absolute atomic E-state index is 0.497. The molecule has 0 amide bonds. The van der Waals surface area contributed by atoms with Crippen molar-refractivity contribution in [2.75, 3.05) is 17.2 Å². The fourth-order valence-electron chi connectivity index (χ4n) is 1.78. The predicted molar refractivity (Wildman–Crippen MR) is 72.1 cm³/mol. The van der Waals surface area contributed by atoms with Crippen molar-refractivity contribution in [1.29, 1.82) is 0 Å². The minimum Gasteiger partial charge on any atom is -0.384 e. The van der Waals surface area contributed by atoms with E-state index in [1.165, 1.54) is 0 Å². The van der Waals surface area contributed by atoms with Crippen LogP contribution in [0.15, 0.2) is 30.5 Å². The second-order valence-electron chi connectivity index (χ2n) is 4.03. The average molecular weight is 243 g/mol. The molecule has 0 aliphatic rings. The van der Waals surface area contributed by atoms with Gasteiger partial charge in [0.15, 0.2) is 0 Å². The summed E-state index contributed by atoms with van der Waals surface area (Å²) in [6.45, 7) is 5.48. The highest BCUT2D eigenvalue weighted by molar-refractivity contribution is 5.47. The Kier molecular flexibility index (Phi) is 3.72. The summed E-state index contributed by atoms with van der Waals surface area (Å²) in [5, 5.41) is 0. The SMILES string of the molecule is CCN(Cc1ccccn1)c1cc(N)nc(C)n1. The zero-order valence-corrected chi connectivity index (χ0v) is 10.7. The fourth-order valence-corrected chi connectivity index (χ4v) is 1.78. The maximum Gasteiger partial charge on any atom is 0.134 e. The van der Waals surface area contributed by atoms with E-state index in [9.17, 15) is 0 Å². The summed E-state index contributed by atoms with van der Waals surface area (Å²) >= 11 is 0. The molecule has 0 unspecified atom stereocenters. The van der Waals surface area contributed by atoms with E-state index in [0.717, 1.165) is 18.1 Å². The lowest BCUT2D eigenvalue weighted by Gasteiger charge is -2.21. The number of pyridine rings is 1. The van der Waals surface area contributed by atoms with E-state index in [0.29, 0.717) is 18.2 Å². The van der Waals surface area contributed by atoms with Crippen LogP contribution in [0.4, 0.5) is 11.6 Å². The Morgan fingerprint density at radius 1 is 1.28 bits per heavy atom. The van der Waals surface area contributed by atoms with Crippen LogP contribution in [0.2, 0.25) is 0 Å². The van der Waals surface area contributed by atoms with Crippen LogP contribution in [0.5, 0.6) is 0 Å². The Balaban J connectivity index is 2.23. The van der Waals surface area contributed by atoms with Crippen LogP contribution in [0.3, 0.4) is 0 Å². The number of nitrogen functional groups attached to an aromatic ring is 1. The van der Waals surface area contributed by atoms with Crippen LogP contribution in [0, 0.1) is 6.92 Å². The van der Waals surface area contributed by atoms with E-state index in [1.54, 1.807) is 12.3 Å². The standard InChI is InChI=1S/C13H17N5/c1-3-18(9-11-6-4-5-7-15-11)13-8-12(14)16-10(2)17-13/h4-8H,3,9H2,1-2H3,(H2,14,16,17). The average Bonchev–Trinajstić information content (AvgIpc) is 2.36. The minimum atomic E-state index is 0.497. The smallest absolute Gasteiger partial charge is 0.134 e. The molecule has 5 nitrogen and oxygen atoms in total. The van der Waals surface area contributed by atoms with Gasteiger partial charge in [-0.25, -0.2) is 9.97 Å². The van der Waals surface area contributed by atoms with Crippen LogP contribution >= 0.6 is 0 Å². The lowest BCUT2D eigenvalue weighted by molar-refractivity contribution is 0.787. The zero-order valence-electron chi connectivity index (χ0n) is 10.7. The van der Waals surface area contributed by atoms with Crippen molar-refractivity contribution in [2.24, 2.45) is 0 Å². The van der Waals surface area contributed by atoms with Gasteiger partial charge in [0.2, 0.25) is 0 Å². The Labute approximate surface area is 107 Å². The highest BCUT2D eigenvalue weighted by Gasteiger charge is 2.09. The van der Waals surface area contributed by atoms with Crippen molar-refractivity contribution in [3.63, 3.8) is 0 Å². The monoisotopic (exact) mass is 243 g/mol. The highest BCUT2D eigenvalue weighted by atomic mass is 15.2. The normalized spacial score (nSPS) is 10.3. The lowest BCUT2D eigenvalue weighted by atomic mass is 10.3. The Morgan fingerprint density at radius 2 is 2.11 bits per heavy atom. The number of aromatic nitrogens is 3. The van der Waals surface area contributed by atoms with Crippen molar-refractivity contribution in [3.8, 4) is 0 Å². The highest BCUT2D eigenvalue weighted by Crippen LogP contribution is 2.15. The van der Waals surface area contributed by atoms with Gasteiger partial charge in [0, 0.05) is 18.8 Å². The van der Waals surface area contributed by atoms with E-state index in [-0.39, 0.29) is 0 Å². The Morgan fingerprint density at radius 3 is 2.72 bits per heavy atom. The molecule has 94 valence electrons. The molecule has 0 bridgehead atoms. The zero-order chi connectivity index (χ0) is 13.0. The molecule has 0 spiro atoms. The van der Waals surface area contributed by atoms with Gasteiger partial charge in [-0.1, -0.05) is 6.07 Å². The molecule has 0 saturated heterocycles. The number of anilines is 2. The number of nitrogens with two attached hydrogens (primary N) is 1. The molecule has 2 rings (SSSR count). The van der Waals surface area contributed by atoms with E-state index in [4.69, 9.17) is 5.73 Å². The molecule has 0 aliphatic carbocycles. The first-order valence-corrected chi connectivity index (χ1v) is 5.95. The van der Waals surface area contributed by atoms with Gasteiger partial charge in [-0.05, 0) is 26.0 Å². The van der Waals surface area contributed by atoms with Crippen molar-refractivity contribution in [2.45, 2.75) is 20.4 Å². The van der Waals surface area contributed by atoms with Gasteiger partial charge in [0.05, 0.1) is 12.2 Å². The van der Waals surface area contributed by atoms with E-state index in [1.807, 2.05) is 25.1 Å². The van der Waals surface area contributed by atoms with E-state index >= 15 is 0 Å². The van der Waals surface area contributed by atoms with Crippen LogP contribution in [-0.4, -0.2) is 21.5 Å². The van der Waals surface area contributed by atoms with E-state index < -0.39 is 0 Å². The van der Waals surface area contributed by atoms with Crippen molar-refractivity contribution < 1.29 is 0 Å². The molecule has 0 aliphatic heterocycles. The second kappa shape index (κ2) is 5.44. The third-order valence-corrected chi connectivity index (χ3v) is 2.63. The fraction of sp³-hybridized carbons (Fsp3) is 0.308. The Bertz CT molecular complexity index is 492. The quantitative estimate of drug-likeness (QED) is 0.886. The summed E-state index contributed by atoms with van der Waals surface area (Å²) in [5.74, 6) is 2.02. The van der Waals surface area contributed by atoms with Gasteiger partial charge >= 0.3 is 0 Å². The molecule has 2 aromatic heterocycles. The number of hydrogen-bond donors (Lipinski definition) is 1. The molecule has 2 N–H and O–H groups in total. The van der Waals surface area contributed by atoms with Crippen molar-refractivity contribution in [3.05, 3.63) is 42.0 Å². The summed E-state index contributed by atoms with van der Waals surface area (Å²) in [6, 6.07) is 7.68. The summed E-state index contributed by atoms with van der Waals surface area (Å²) in [7, 11) is 0. The molecule has 0 atom stereocenters. The first-order valence-electron chi connectivity index (χ1n) is 5.95. The van der Waals surface area contributed by atoms with E-state index in [2.05, 4.69) is 26.8 Å². The van der Waals surface area contributed by atoms with Crippen molar-refractivity contribution in [1.82, 2.24) is 15.0 Å². The summed E-state index contributed by atoms with van der Waals surface area (Å²) in [4.78, 5) is 14.9. The van der Waals surface area contributed by atoms with Gasteiger partial charge in [-0.15, -0.1) is 0 Å². The third-order valence-electron chi connectivity index (χ3n) is 2.63. The molecule has 0 radical (unpaired) electrons. The second-order valence-corrected chi connectivity index (χ2v) is 4.03. The topological polar surface area (TPSA) is 67.9 Å². The molecule has 18 heavy (non-hydrogen) atoms. The molecular formula is C13H17N5. The molecule has 2 heterocycles. The maximum atomic E-state index is 5.75. The van der Waals surface area contributed by atoms with Gasteiger partial charge in [-0.2, -0.15) is 0 Å². The lowest BCUT2D eigenvalue weighted by Crippen LogP contribution is -2.24. The first kappa shape index (κ1) is 12.3. The summed E-state index contributed by atoms with van der Waals surface area (Å²) in [5.41, 5.74) is 6.76. The predicted octanol–water partition coefficient (Wildman–Crippen LogP) is 1.79. The third kappa shape index (κ3) is 2.94. The van der Waals surface area contributed by atoms with Crippen LogP contribution in [0.1, 0.15) is 18.4 Å². The maximum absolute atomic E-state index is 5.75. The largest absolute Gasteiger partial charge is 0.384 e. The van der Waals surface area contributed by atoms with Crippen LogP contribution in [-0.2, 0) is 6.54 Å². The number of aryl methyl sites for hydroxylation is 1. The molecular weight excluding hydrogens is 226 g/mol. The summed E-state index contributed by atoms with van der Waals surface area (Å²) in [6.07, 6.45) is 1.79. The van der Waals surface area contributed by atoms with Gasteiger partial charge in [0.1, 0.15) is 17.5 Å². The summed E-state index contributed by atoms with van der Waals surface area (Å²) < 4.78 is 0. The van der Waals surface area contributed by atoms with Crippen LogP contribution in [0.25, 0.3) is 0 Å². The number of rotatable bonds is 4. The molecule has 0 saturated carbocycles. The molecule has 5 heteroatoms. The van der Waals surface area contributed by atoms with Gasteiger partial charge in [0.25, 0.3) is 0 Å². The van der Waals surface area contributed by atoms with Crippen LogP contribution < -0.4 is 10.6 Å². The molecule has 0 aromatic carbocycles. The number of hydrogen-bond acceptors (Lipinski definition) is 5. The number of nitrogens with zero attached hydrogens (tertiary/aromatic N) is 4. The van der Waals surface area contributed by atoms with Gasteiger partial charge in [-0.3, -0.25) is 4.98 Å². The Hall–Kier alpha value is -2.17. The van der Waals surface area contributed by atoms with Gasteiger partial charge < -0.3 is 10.6 Å². The first-order chi connectivity index (χ1) is 8.69. The molecule has 2 aromatic rings. The molecule has 0 fully saturated rings.